The normalized spacial score (nSPS) is 14.6. The van der Waals surface area contributed by atoms with Gasteiger partial charge in [-0.15, -0.1) is 0 Å². The lowest BCUT2D eigenvalue weighted by molar-refractivity contribution is -0.383. The fourth-order valence-corrected chi connectivity index (χ4v) is 2.34. The molecule has 0 saturated carbocycles. The third-order valence-corrected chi connectivity index (χ3v) is 3.37. The van der Waals surface area contributed by atoms with Crippen LogP contribution >= 0.6 is 0 Å². The number of hydrogen-bond donors (Lipinski definition) is 1. The summed E-state index contributed by atoms with van der Waals surface area (Å²) in [5.41, 5.74) is 2.14. The number of para-hydroxylation sites is 2. The number of hydrogen-bond acceptors (Lipinski definition) is 5. The van der Waals surface area contributed by atoms with E-state index in [1.165, 1.54) is 6.07 Å². The fourth-order valence-electron chi connectivity index (χ4n) is 2.34. The van der Waals surface area contributed by atoms with Gasteiger partial charge >= 0.3 is 7.12 Å². The molecule has 7 heteroatoms. The van der Waals surface area contributed by atoms with Crippen molar-refractivity contribution >= 4 is 29.6 Å². The number of nitrogens with one attached hydrogen (secondary N) is 1. The van der Waals surface area contributed by atoms with Crippen LogP contribution in [0, 0.1) is 10.1 Å². The predicted octanol–water partition coefficient (Wildman–Crippen LogP) is 2.47. The quantitative estimate of drug-likeness (QED) is 0.533. The SMILES string of the molecule is O=[N+]([O-])c1ccccc1Nc1cccc(B2OCCCO2)c1. The van der Waals surface area contributed by atoms with Crippen LogP contribution in [-0.4, -0.2) is 25.3 Å². The molecule has 1 N–H and O–H groups in total. The molecule has 6 nitrogen and oxygen atoms in total. The van der Waals surface area contributed by atoms with E-state index in [1.54, 1.807) is 18.2 Å². The first kappa shape index (κ1) is 14.6. The van der Waals surface area contributed by atoms with Crippen LogP contribution < -0.4 is 10.8 Å². The molecule has 3 rings (SSSR count). The van der Waals surface area contributed by atoms with Crippen molar-refractivity contribution < 1.29 is 14.2 Å². The summed E-state index contributed by atoms with van der Waals surface area (Å²) < 4.78 is 11.1. The third kappa shape index (κ3) is 3.27. The number of benzene rings is 2. The number of nitro groups is 1. The van der Waals surface area contributed by atoms with E-state index in [2.05, 4.69) is 5.32 Å². The van der Waals surface area contributed by atoms with E-state index in [-0.39, 0.29) is 12.8 Å². The van der Waals surface area contributed by atoms with Crippen molar-refractivity contribution in [1.29, 1.82) is 0 Å². The first-order valence-electron chi connectivity index (χ1n) is 7.07. The summed E-state index contributed by atoms with van der Waals surface area (Å²) in [6, 6.07) is 14.1. The second kappa shape index (κ2) is 6.59. The van der Waals surface area contributed by atoms with Crippen molar-refractivity contribution in [3.05, 3.63) is 58.6 Å². The highest BCUT2D eigenvalue weighted by Crippen LogP contribution is 2.26. The van der Waals surface area contributed by atoms with Gasteiger partial charge in [0, 0.05) is 25.0 Å². The number of anilines is 2. The summed E-state index contributed by atoms with van der Waals surface area (Å²) >= 11 is 0. The second-order valence-corrected chi connectivity index (χ2v) is 4.95. The molecule has 22 heavy (non-hydrogen) atoms. The molecular formula is C15H15BN2O4. The Morgan fingerprint density at radius 2 is 1.86 bits per heavy atom. The van der Waals surface area contributed by atoms with Crippen molar-refractivity contribution in [3.63, 3.8) is 0 Å². The van der Waals surface area contributed by atoms with Crippen molar-refractivity contribution in [3.8, 4) is 0 Å². The van der Waals surface area contributed by atoms with Gasteiger partial charge in [-0.1, -0.05) is 24.3 Å². The van der Waals surface area contributed by atoms with E-state index in [0.717, 1.165) is 17.6 Å². The summed E-state index contributed by atoms with van der Waals surface area (Å²) in [4.78, 5) is 10.6. The molecule has 0 radical (unpaired) electrons. The first-order valence-corrected chi connectivity index (χ1v) is 7.07. The maximum atomic E-state index is 11.1. The van der Waals surface area contributed by atoms with Gasteiger partial charge in [0.2, 0.25) is 0 Å². The van der Waals surface area contributed by atoms with E-state index in [0.29, 0.717) is 18.9 Å². The Balaban J connectivity index is 1.82. The summed E-state index contributed by atoms with van der Waals surface area (Å²) in [7, 11) is -0.374. The molecule has 1 aliphatic rings. The monoisotopic (exact) mass is 298 g/mol. The lowest BCUT2D eigenvalue weighted by atomic mass is 9.78. The van der Waals surface area contributed by atoms with Crippen molar-refractivity contribution in [2.75, 3.05) is 18.5 Å². The van der Waals surface area contributed by atoms with Gasteiger partial charge < -0.3 is 14.6 Å². The van der Waals surface area contributed by atoms with Crippen molar-refractivity contribution in [2.24, 2.45) is 0 Å². The highest BCUT2D eigenvalue weighted by atomic mass is 16.6. The van der Waals surface area contributed by atoms with Crippen molar-refractivity contribution in [1.82, 2.24) is 0 Å². The zero-order valence-electron chi connectivity index (χ0n) is 11.9. The standard InChI is InChI=1S/C15H15BN2O4/c19-18(20)15-8-2-1-7-14(15)17-13-6-3-5-12(11-13)16-21-9-4-10-22-16/h1-3,5-8,11,17H,4,9-10H2. The maximum absolute atomic E-state index is 11.1. The molecule has 1 fully saturated rings. The Kier molecular flexibility index (Phi) is 4.36. The number of nitro benzene ring substituents is 1. The average molecular weight is 298 g/mol. The lowest BCUT2D eigenvalue weighted by Crippen LogP contribution is -2.40. The topological polar surface area (TPSA) is 73.6 Å². The first-order chi connectivity index (χ1) is 10.7. The van der Waals surface area contributed by atoms with Gasteiger partial charge in [0.15, 0.2) is 0 Å². The van der Waals surface area contributed by atoms with Crippen LogP contribution in [0.4, 0.5) is 17.1 Å². The largest absolute Gasteiger partial charge is 0.493 e. The van der Waals surface area contributed by atoms with Crippen LogP contribution in [-0.2, 0) is 9.31 Å². The Hall–Kier alpha value is -2.38. The van der Waals surface area contributed by atoms with Crippen LogP contribution in [0.2, 0.25) is 0 Å². The van der Waals surface area contributed by atoms with Crippen LogP contribution in [0.25, 0.3) is 0 Å². The summed E-state index contributed by atoms with van der Waals surface area (Å²) in [6.45, 7) is 1.35. The highest BCUT2D eigenvalue weighted by molar-refractivity contribution is 6.61. The second-order valence-electron chi connectivity index (χ2n) is 4.95. The molecular weight excluding hydrogens is 283 g/mol. The minimum atomic E-state index is -0.403. The summed E-state index contributed by atoms with van der Waals surface area (Å²) in [6.07, 6.45) is 0.894. The molecule has 1 heterocycles. The van der Waals surface area contributed by atoms with Gasteiger partial charge in [-0.05, 0) is 30.1 Å². The zero-order valence-corrected chi connectivity index (χ0v) is 11.9. The molecule has 0 unspecified atom stereocenters. The minimum Gasteiger partial charge on any atom is -0.407 e. The van der Waals surface area contributed by atoms with E-state index in [1.807, 2.05) is 24.3 Å². The van der Waals surface area contributed by atoms with Gasteiger partial charge in [-0.25, -0.2) is 0 Å². The zero-order chi connectivity index (χ0) is 15.4. The highest BCUT2D eigenvalue weighted by Gasteiger charge is 2.24. The van der Waals surface area contributed by atoms with Crippen LogP contribution in [0.5, 0.6) is 0 Å². The average Bonchev–Trinajstić information content (AvgIpc) is 2.56. The lowest BCUT2D eigenvalue weighted by Gasteiger charge is -2.20. The van der Waals surface area contributed by atoms with Gasteiger partial charge in [-0.3, -0.25) is 10.1 Å². The molecule has 0 spiro atoms. The molecule has 1 saturated heterocycles. The third-order valence-electron chi connectivity index (χ3n) is 3.37. The maximum Gasteiger partial charge on any atom is 0.493 e. The smallest absolute Gasteiger partial charge is 0.407 e. The van der Waals surface area contributed by atoms with Crippen molar-refractivity contribution in [2.45, 2.75) is 6.42 Å². The van der Waals surface area contributed by atoms with Crippen LogP contribution in [0.15, 0.2) is 48.5 Å². The van der Waals surface area contributed by atoms with E-state index in [4.69, 9.17) is 9.31 Å². The molecule has 0 amide bonds. The Bertz CT molecular complexity index is 674. The number of rotatable bonds is 4. The van der Waals surface area contributed by atoms with E-state index < -0.39 is 4.92 Å². The van der Waals surface area contributed by atoms with Gasteiger partial charge in [0.1, 0.15) is 5.69 Å². The summed E-state index contributed by atoms with van der Waals surface area (Å²) in [5, 5.41) is 14.1. The predicted molar refractivity (Wildman–Crippen MR) is 84.7 cm³/mol. The Morgan fingerprint density at radius 3 is 2.64 bits per heavy atom. The molecule has 112 valence electrons. The molecule has 1 aliphatic heterocycles. The molecule has 0 aromatic heterocycles. The molecule has 0 bridgehead atoms. The Morgan fingerprint density at radius 1 is 1.09 bits per heavy atom. The fraction of sp³-hybridized carbons (Fsp3) is 0.200. The summed E-state index contributed by atoms with van der Waals surface area (Å²) in [5.74, 6) is 0. The Labute approximate surface area is 128 Å². The van der Waals surface area contributed by atoms with Gasteiger partial charge in [-0.2, -0.15) is 0 Å². The van der Waals surface area contributed by atoms with Gasteiger partial charge in [0.25, 0.3) is 5.69 Å². The molecule has 2 aromatic rings. The van der Waals surface area contributed by atoms with E-state index >= 15 is 0 Å². The number of nitrogens with zero attached hydrogens (tertiary/aromatic N) is 1. The van der Waals surface area contributed by atoms with E-state index in [9.17, 15) is 10.1 Å². The van der Waals surface area contributed by atoms with Gasteiger partial charge in [0.05, 0.1) is 4.92 Å². The molecule has 0 aliphatic carbocycles. The molecule has 2 aromatic carbocycles. The minimum absolute atomic E-state index is 0.0399. The van der Waals surface area contributed by atoms with Crippen LogP contribution in [0.1, 0.15) is 6.42 Å². The van der Waals surface area contributed by atoms with Crippen LogP contribution in [0.3, 0.4) is 0 Å². The molecule has 0 atom stereocenters.